The highest BCUT2D eigenvalue weighted by Crippen LogP contribution is 2.17. The van der Waals surface area contributed by atoms with E-state index in [4.69, 9.17) is 0 Å². The maximum Gasteiger partial charge on any atom is 0.0371 e. The van der Waals surface area contributed by atoms with Gasteiger partial charge in [0.2, 0.25) is 0 Å². The molecule has 0 unspecified atom stereocenters. The minimum atomic E-state index is 0.576. The first-order valence-electron chi connectivity index (χ1n) is 5.07. The molecule has 1 N–H and O–H groups in total. The van der Waals surface area contributed by atoms with Gasteiger partial charge in [-0.1, -0.05) is 31.2 Å². The van der Waals surface area contributed by atoms with Crippen LogP contribution in [0.2, 0.25) is 0 Å². The van der Waals surface area contributed by atoms with Crippen molar-refractivity contribution in [3.8, 4) is 0 Å². The van der Waals surface area contributed by atoms with E-state index in [1.165, 1.54) is 11.3 Å². The SMILES string of the molecule is C/C=C/C1=CC[C@@H](C)NC1=CCC. The van der Waals surface area contributed by atoms with Crippen molar-refractivity contribution in [1.29, 1.82) is 0 Å². The van der Waals surface area contributed by atoms with Gasteiger partial charge in [0.05, 0.1) is 0 Å². The maximum atomic E-state index is 3.49. The molecule has 1 rings (SSSR count). The maximum absolute atomic E-state index is 3.49. The lowest BCUT2D eigenvalue weighted by Crippen LogP contribution is -2.28. The Morgan fingerprint density at radius 2 is 2.38 bits per heavy atom. The van der Waals surface area contributed by atoms with E-state index >= 15 is 0 Å². The van der Waals surface area contributed by atoms with Gasteiger partial charge in [0.1, 0.15) is 0 Å². The van der Waals surface area contributed by atoms with Crippen LogP contribution in [0, 0.1) is 0 Å². The van der Waals surface area contributed by atoms with Gasteiger partial charge in [0.15, 0.2) is 0 Å². The van der Waals surface area contributed by atoms with Crippen LogP contribution in [-0.2, 0) is 0 Å². The average Bonchev–Trinajstić information content (AvgIpc) is 2.10. The van der Waals surface area contributed by atoms with E-state index in [9.17, 15) is 0 Å². The van der Waals surface area contributed by atoms with Crippen LogP contribution in [0.15, 0.2) is 35.6 Å². The molecule has 0 radical (unpaired) electrons. The van der Waals surface area contributed by atoms with E-state index in [0.717, 1.165) is 12.8 Å². The predicted molar refractivity (Wildman–Crippen MR) is 58.5 cm³/mol. The lowest BCUT2D eigenvalue weighted by atomic mass is 10.0. The second-order valence-corrected chi connectivity index (χ2v) is 3.47. The minimum Gasteiger partial charge on any atom is -0.382 e. The Morgan fingerprint density at radius 1 is 1.62 bits per heavy atom. The third kappa shape index (κ3) is 2.76. The van der Waals surface area contributed by atoms with Crippen molar-refractivity contribution < 1.29 is 0 Å². The van der Waals surface area contributed by atoms with E-state index in [2.05, 4.69) is 50.4 Å². The largest absolute Gasteiger partial charge is 0.382 e. The van der Waals surface area contributed by atoms with Gasteiger partial charge >= 0.3 is 0 Å². The minimum absolute atomic E-state index is 0.576. The Balaban J connectivity index is 2.83. The fourth-order valence-electron chi connectivity index (χ4n) is 1.54. The van der Waals surface area contributed by atoms with Gasteiger partial charge in [-0.25, -0.2) is 0 Å². The number of nitrogens with one attached hydrogen (secondary N) is 1. The number of hydrogen-bond donors (Lipinski definition) is 1. The van der Waals surface area contributed by atoms with E-state index in [1.54, 1.807) is 0 Å². The summed E-state index contributed by atoms with van der Waals surface area (Å²) in [4.78, 5) is 0. The fraction of sp³-hybridized carbons (Fsp3) is 0.500. The first-order chi connectivity index (χ1) is 6.27. The van der Waals surface area contributed by atoms with Crippen LogP contribution in [-0.4, -0.2) is 6.04 Å². The van der Waals surface area contributed by atoms with Gasteiger partial charge in [-0.15, -0.1) is 0 Å². The number of rotatable bonds is 2. The van der Waals surface area contributed by atoms with Crippen molar-refractivity contribution in [2.24, 2.45) is 0 Å². The molecule has 1 heteroatoms. The molecule has 0 aliphatic carbocycles. The summed E-state index contributed by atoms with van der Waals surface area (Å²) < 4.78 is 0. The zero-order valence-corrected chi connectivity index (χ0v) is 8.80. The normalized spacial score (nSPS) is 26.2. The van der Waals surface area contributed by atoms with Gasteiger partial charge in [-0.2, -0.15) is 0 Å². The molecule has 0 saturated heterocycles. The predicted octanol–water partition coefficient (Wildman–Crippen LogP) is 3.16. The van der Waals surface area contributed by atoms with Gasteiger partial charge in [0.25, 0.3) is 0 Å². The molecule has 72 valence electrons. The Kier molecular flexibility index (Phi) is 3.81. The fourth-order valence-corrected chi connectivity index (χ4v) is 1.54. The molecule has 0 aromatic heterocycles. The number of allylic oxidation sites excluding steroid dienone is 3. The number of hydrogen-bond acceptors (Lipinski definition) is 1. The van der Waals surface area contributed by atoms with Gasteiger partial charge in [-0.05, 0) is 32.3 Å². The van der Waals surface area contributed by atoms with Crippen molar-refractivity contribution in [3.63, 3.8) is 0 Å². The van der Waals surface area contributed by atoms with Gasteiger partial charge < -0.3 is 5.32 Å². The second-order valence-electron chi connectivity index (χ2n) is 3.47. The molecule has 0 amide bonds. The van der Waals surface area contributed by atoms with Crippen molar-refractivity contribution in [1.82, 2.24) is 5.32 Å². The summed E-state index contributed by atoms with van der Waals surface area (Å²) in [6.07, 6.45) is 11.0. The highest BCUT2D eigenvalue weighted by molar-refractivity contribution is 5.40. The molecular formula is C12H19N. The zero-order chi connectivity index (χ0) is 9.68. The summed E-state index contributed by atoms with van der Waals surface area (Å²) in [6, 6.07) is 0.576. The van der Waals surface area contributed by atoms with Crippen LogP contribution >= 0.6 is 0 Å². The van der Waals surface area contributed by atoms with Crippen LogP contribution in [0.25, 0.3) is 0 Å². The highest BCUT2D eigenvalue weighted by atomic mass is 14.9. The molecule has 1 aliphatic rings. The summed E-state index contributed by atoms with van der Waals surface area (Å²) >= 11 is 0. The van der Waals surface area contributed by atoms with E-state index < -0.39 is 0 Å². The second kappa shape index (κ2) is 4.90. The molecule has 0 saturated carbocycles. The molecule has 1 heterocycles. The summed E-state index contributed by atoms with van der Waals surface area (Å²) in [7, 11) is 0. The standard InChI is InChI=1S/C12H19N/c1-4-6-11-9-8-10(3)13-12(11)7-5-2/h4,6-7,9-10,13H,5,8H2,1-3H3/b6-4+,12-7?/t10-/m1/s1. The lowest BCUT2D eigenvalue weighted by molar-refractivity contribution is 0.606. The van der Waals surface area contributed by atoms with Crippen LogP contribution in [0.1, 0.15) is 33.6 Å². The van der Waals surface area contributed by atoms with E-state index in [1.807, 2.05) is 0 Å². The van der Waals surface area contributed by atoms with Crippen molar-refractivity contribution in [2.75, 3.05) is 0 Å². The van der Waals surface area contributed by atoms with Gasteiger partial charge in [-0.3, -0.25) is 0 Å². The van der Waals surface area contributed by atoms with Crippen molar-refractivity contribution >= 4 is 0 Å². The Morgan fingerprint density at radius 3 is 3.00 bits per heavy atom. The molecule has 0 bridgehead atoms. The quantitative estimate of drug-likeness (QED) is 0.683. The van der Waals surface area contributed by atoms with Crippen molar-refractivity contribution in [3.05, 3.63) is 35.6 Å². The third-order valence-corrected chi connectivity index (χ3v) is 2.16. The summed E-state index contributed by atoms with van der Waals surface area (Å²) in [5.74, 6) is 0. The molecule has 0 aromatic carbocycles. The first kappa shape index (κ1) is 10.1. The summed E-state index contributed by atoms with van der Waals surface area (Å²) in [5.41, 5.74) is 2.63. The van der Waals surface area contributed by atoms with Crippen LogP contribution in [0.5, 0.6) is 0 Å². The van der Waals surface area contributed by atoms with Gasteiger partial charge in [0, 0.05) is 11.7 Å². The summed E-state index contributed by atoms with van der Waals surface area (Å²) in [5, 5.41) is 3.49. The molecular weight excluding hydrogens is 158 g/mol. The smallest absolute Gasteiger partial charge is 0.0371 e. The highest BCUT2D eigenvalue weighted by Gasteiger charge is 2.10. The van der Waals surface area contributed by atoms with E-state index in [0.29, 0.717) is 6.04 Å². The van der Waals surface area contributed by atoms with Crippen LogP contribution in [0.4, 0.5) is 0 Å². The molecule has 0 aromatic rings. The molecule has 1 nitrogen and oxygen atoms in total. The molecule has 0 spiro atoms. The first-order valence-corrected chi connectivity index (χ1v) is 5.07. The zero-order valence-electron chi connectivity index (χ0n) is 8.80. The average molecular weight is 177 g/mol. The third-order valence-electron chi connectivity index (χ3n) is 2.16. The molecule has 0 fully saturated rings. The Labute approximate surface area is 81.2 Å². The summed E-state index contributed by atoms with van der Waals surface area (Å²) in [6.45, 7) is 6.44. The van der Waals surface area contributed by atoms with Crippen LogP contribution in [0.3, 0.4) is 0 Å². The van der Waals surface area contributed by atoms with Crippen LogP contribution < -0.4 is 5.32 Å². The molecule has 1 atom stereocenters. The lowest BCUT2D eigenvalue weighted by Gasteiger charge is -2.23. The Bertz CT molecular complexity index is 246. The molecule has 13 heavy (non-hydrogen) atoms. The topological polar surface area (TPSA) is 12.0 Å². The van der Waals surface area contributed by atoms with E-state index in [-0.39, 0.29) is 0 Å². The Hall–Kier alpha value is -0.980. The monoisotopic (exact) mass is 177 g/mol. The van der Waals surface area contributed by atoms with Crippen molar-refractivity contribution in [2.45, 2.75) is 39.7 Å². The molecule has 1 aliphatic heterocycles.